The van der Waals surface area contributed by atoms with Gasteiger partial charge in [0.1, 0.15) is 12.2 Å². The smallest absolute Gasteiger partial charge is 0.330 e. The summed E-state index contributed by atoms with van der Waals surface area (Å²) in [7, 11) is 1.30. The van der Waals surface area contributed by atoms with E-state index in [1.54, 1.807) is 0 Å². The Morgan fingerprint density at radius 1 is 1.50 bits per heavy atom. The standard InChI is InChI=1S/C12H15FN2O7/c1-11-7(20-10(19-2)22-11)12(13,5-16)21-8(11)15-4-3-6(17)14-9(15)18/h3-4,7-8,10,16H,5H2,1-2H3,(H,14,17,18)/t7-,8+,10?,11+,12+/m0/s1. The molecule has 1 aromatic heterocycles. The summed E-state index contributed by atoms with van der Waals surface area (Å²) in [4.78, 5) is 25.1. The van der Waals surface area contributed by atoms with Crippen molar-refractivity contribution in [3.05, 3.63) is 33.1 Å². The van der Waals surface area contributed by atoms with Gasteiger partial charge in [-0.2, -0.15) is 0 Å². The molecule has 2 aliphatic rings. The highest BCUT2D eigenvalue weighted by Crippen LogP contribution is 2.52. The number of fused-ring (bicyclic) bond motifs is 1. The van der Waals surface area contributed by atoms with Crippen LogP contribution in [0.2, 0.25) is 0 Å². The molecule has 3 heterocycles. The molecular weight excluding hydrogens is 303 g/mol. The van der Waals surface area contributed by atoms with E-state index in [1.165, 1.54) is 14.0 Å². The number of aromatic amines is 1. The third-order valence-corrected chi connectivity index (χ3v) is 3.82. The minimum absolute atomic E-state index is 0.604. The Bertz CT molecular complexity index is 691. The van der Waals surface area contributed by atoms with Gasteiger partial charge < -0.3 is 24.1 Å². The van der Waals surface area contributed by atoms with Gasteiger partial charge in [0, 0.05) is 19.4 Å². The molecule has 0 spiro atoms. The Morgan fingerprint density at radius 3 is 2.82 bits per heavy atom. The first-order valence-electron chi connectivity index (χ1n) is 6.49. The summed E-state index contributed by atoms with van der Waals surface area (Å²) in [6, 6.07) is 1.09. The maximum atomic E-state index is 14.8. The lowest BCUT2D eigenvalue weighted by molar-refractivity contribution is -0.301. The predicted molar refractivity (Wildman–Crippen MR) is 67.5 cm³/mol. The first-order chi connectivity index (χ1) is 10.3. The molecule has 9 nitrogen and oxygen atoms in total. The highest BCUT2D eigenvalue weighted by Gasteiger charge is 2.70. The van der Waals surface area contributed by atoms with Crippen molar-refractivity contribution >= 4 is 0 Å². The van der Waals surface area contributed by atoms with Crippen LogP contribution in [-0.2, 0) is 18.9 Å². The normalized spacial score (nSPS) is 40.8. The van der Waals surface area contributed by atoms with Crippen LogP contribution in [0, 0.1) is 0 Å². The van der Waals surface area contributed by atoms with Gasteiger partial charge in [0.15, 0.2) is 12.3 Å². The van der Waals surface area contributed by atoms with Crippen LogP contribution in [-0.4, -0.2) is 52.4 Å². The number of methoxy groups -OCH3 is 1. The van der Waals surface area contributed by atoms with Crippen LogP contribution >= 0.6 is 0 Å². The van der Waals surface area contributed by atoms with Crippen molar-refractivity contribution in [2.75, 3.05) is 13.7 Å². The summed E-state index contributed by atoms with van der Waals surface area (Å²) in [5.41, 5.74) is -2.85. The second kappa shape index (κ2) is 4.96. The van der Waals surface area contributed by atoms with E-state index in [0.717, 1.165) is 16.8 Å². The number of halogens is 1. The second-order valence-electron chi connectivity index (χ2n) is 5.27. The van der Waals surface area contributed by atoms with Gasteiger partial charge in [0.25, 0.3) is 17.9 Å². The van der Waals surface area contributed by atoms with Crippen molar-refractivity contribution in [3.63, 3.8) is 0 Å². The molecule has 10 heteroatoms. The van der Waals surface area contributed by atoms with E-state index in [4.69, 9.17) is 18.9 Å². The fourth-order valence-electron chi connectivity index (χ4n) is 2.79. The third kappa shape index (κ3) is 2.03. The quantitative estimate of drug-likeness (QED) is 0.722. The van der Waals surface area contributed by atoms with Gasteiger partial charge in [-0.25, -0.2) is 9.18 Å². The average molecular weight is 318 g/mol. The lowest BCUT2D eigenvalue weighted by Crippen LogP contribution is -2.47. The van der Waals surface area contributed by atoms with Crippen molar-refractivity contribution < 1.29 is 28.4 Å². The largest absolute Gasteiger partial charge is 0.390 e. The van der Waals surface area contributed by atoms with E-state index < -0.39 is 48.1 Å². The second-order valence-corrected chi connectivity index (χ2v) is 5.27. The number of hydrogen-bond donors (Lipinski definition) is 2. The molecular formula is C12H15FN2O7. The summed E-state index contributed by atoms with van der Waals surface area (Å²) >= 11 is 0. The number of hydrogen-bond acceptors (Lipinski definition) is 7. The van der Waals surface area contributed by atoms with E-state index in [2.05, 4.69) is 0 Å². The number of rotatable bonds is 3. The Kier molecular flexibility index (Phi) is 3.45. The minimum Gasteiger partial charge on any atom is -0.390 e. The molecule has 122 valence electrons. The Morgan fingerprint density at radius 2 is 2.23 bits per heavy atom. The number of H-pyrrole nitrogens is 1. The molecule has 1 aromatic rings. The van der Waals surface area contributed by atoms with E-state index >= 15 is 0 Å². The molecule has 0 radical (unpaired) electrons. The van der Waals surface area contributed by atoms with Gasteiger partial charge in [-0.1, -0.05) is 0 Å². The molecule has 3 rings (SSSR count). The summed E-state index contributed by atoms with van der Waals surface area (Å²) in [6.07, 6.45) is -1.43. The number of ether oxygens (including phenoxy) is 4. The summed E-state index contributed by atoms with van der Waals surface area (Å²) in [5, 5.41) is 9.30. The topological polar surface area (TPSA) is 112 Å². The highest BCUT2D eigenvalue weighted by atomic mass is 19.2. The van der Waals surface area contributed by atoms with Crippen molar-refractivity contribution in [2.45, 2.75) is 37.2 Å². The van der Waals surface area contributed by atoms with E-state index in [0.29, 0.717) is 0 Å². The van der Waals surface area contributed by atoms with Gasteiger partial charge in [0.2, 0.25) is 0 Å². The maximum Gasteiger partial charge on any atom is 0.330 e. The van der Waals surface area contributed by atoms with Crippen LogP contribution in [0.5, 0.6) is 0 Å². The van der Waals surface area contributed by atoms with Crippen LogP contribution in [0.3, 0.4) is 0 Å². The highest BCUT2D eigenvalue weighted by molar-refractivity contribution is 5.08. The summed E-state index contributed by atoms with van der Waals surface area (Å²) < 4.78 is 36.6. The molecule has 2 aliphatic heterocycles. The van der Waals surface area contributed by atoms with Crippen LogP contribution < -0.4 is 11.2 Å². The summed E-state index contributed by atoms with van der Waals surface area (Å²) in [6.45, 7) is -0.695. The monoisotopic (exact) mass is 318 g/mol. The van der Waals surface area contributed by atoms with E-state index in [1.807, 2.05) is 4.98 Å². The average Bonchev–Trinajstić information content (AvgIpc) is 2.93. The molecule has 5 atom stereocenters. The molecule has 2 fully saturated rings. The molecule has 0 saturated carbocycles. The first kappa shape index (κ1) is 15.3. The molecule has 22 heavy (non-hydrogen) atoms. The molecule has 0 amide bonds. The van der Waals surface area contributed by atoms with E-state index in [-0.39, 0.29) is 0 Å². The molecule has 0 aromatic carbocycles. The Hall–Kier alpha value is -1.59. The number of aliphatic hydroxyl groups excluding tert-OH is 1. The maximum absolute atomic E-state index is 14.8. The third-order valence-electron chi connectivity index (χ3n) is 3.82. The number of aromatic nitrogens is 2. The number of alkyl halides is 1. The lowest BCUT2D eigenvalue weighted by Gasteiger charge is -2.27. The van der Waals surface area contributed by atoms with Crippen molar-refractivity contribution in [1.29, 1.82) is 0 Å². The Labute approximate surface area is 123 Å². The molecule has 2 saturated heterocycles. The SMILES string of the molecule is COC1O[C@H]2[C@@](C)(O1)[C@H](n1ccc(=O)[nH]c1=O)O[C@]2(F)CO. The van der Waals surface area contributed by atoms with Gasteiger partial charge in [0.05, 0.1) is 0 Å². The van der Waals surface area contributed by atoms with Crippen molar-refractivity contribution in [3.8, 4) is 0 Å². The Balaban J connectivity index is 2.08. The van der Waals surface area contributed by atoms with Gasteiger partial charge >= 0.3 is 5.69 Å². The zero-order chi connectivity index (χ0) is 16.1. The fourth-order valence-corrected chi connectivity index (χ4v) is 2.79. The van der Waals surface area contributed by atoms with Crippen molar-refractivity contribution in [2.24, 2.45) is 0 Å². The molecule has 0 aliphatic carbocycles. The lowest BCUT2D eigenvalue weighted by atomic mass is 9.95. The summed E-state index contributed by atoms with van der Waals surface area (Å²) in [5.74, 6) is -2.58. The first-order valence-corrected chi connectivity index (χ1v) is 6.49. The van der Waals surface area contributed by atoms with Crippen LogP contribution in [0.1, 0.15) is 13.2 Å². The minimum atomic E-state index is -2.58. The molecule has 2 N–H and O–H groups in total. The zero-order valence-electron chi connectivity index (χ0n) is 11.8. The van der Waals surface area contributed by atoms with Gasteiger partial charge in [-0.05, 0) is 6.92 Å². The number of nitrogens with zero attached hydrogens (tertiary/aromatic N) is 1. The zero-order valence-corrected chi connectivity index (χ0v) is 11.8. The molecule has 0 bridgehead atoms. The van der Waals surface area contributed by atoms with Crippen LogP contribution in [0.25, 0.3) is 0 Å². The fraction of sp³-hybridized carbons (Fsp3) is 0.667. The number of nitrogens with one attached hydrogen (secondary N) is 1. The van der Waals surface area contributed by atoms with Crippen LogP contribution in [0.15, 0.2) is 21.9 Å². The van der Waals surface area contributed by atoms with E-state index in [9.17, 15) is 19.1 Å². The van der Waals surface area contributed by atoms with Crippen molar-refractivity contribution in [1.82, 2.24) is 9.55 Å². The predicted octanol–water partition coefficient (Wildman–Crippen LogP) is -1.17. The van der Waals surface area contributed by atoms with Crippen LogP contribution in [0.4, 0.5) is 4.39 Å². The number of aliphatic hydroxyl groups is 1. The molecule has 1 unspecified atom stereocenters. The van der Waals surface area contributed by atoms with Gasteiger partial charge in [-0.3, -0.25) is 14.3 Å². The van der Waals surface area contributed by atoms with Gasteiger partial charge in [-0.15, -0.1) is 0 Å².